The van der Waals surface area contributed by atoms with Crippen LogP contribution in [0.5, 0.6) is 0 Å². The van der Waals surface area contributed by atoms with E-state index in [1.807, 2.05) is 0 Å². The van der Waals surface area contributed by atoms with Crippen LogP contribution in [-0.2, 0) is 5.54 Å². The van der Waals surface area contributed by atoms with Crippen LogP contribution in [0.25, 0.3) is 11.5 Å². The summed E-state index contributed by atoms with van der Waals surface area (Å²) in [4.78, 5) is 8.51. The molecule has 2 heterocycles. The van der Waals surface area contributed by atoms with E-state index in [-0.39, 0.29) is 0 Å². The Morgan fingerprint density at radius 2 is 1.88 bits per heavy atom. The summed E-state index contributed by atoms with van der Waals surface area (Å²) in [7, 11) is 0. The Morgan fingerprint density at radius 1 is 1.12 bits per heavy atom. The van der Waals surface area contributed by atoms with Crippen LogP contribution < -0.4 is 5.32 Å². The van der Waals surface area contributed by atoms with Gasteiger partial charge >= 0.3 is 0 Å². The number of aromatic nitrogens is 4. The lowest BCUT2D eigenvalue weighted by Gasteiger charge is -2.43. The number of hydrogen-bond acceptors (Lipinski definition) is 6. The van der Waals surface area contributed by atoms with E-state index in [0.29, 0.717) is 28.9 Å². The quantitative estimate of drug-likeness (QED) is 0.780. The van der Waals surface area contributed by atoms with Crippen LogP contribution in [0.1, 0.15) is 30.7 Å². The molecule has 3 aromatic rings. The van der Waals surface area contributed by atoms with Crippen molar-refractivity contribution in [1.82, 2.24) is 20.2 Å². The summed E-state index contributed by atoms with van der Waals surface area (Å²) in [6.07, 6.45) is 5.53. The third-order valence-corrected chi connectivity index (χ3v) is 4.43. The second kappa shape index (κ2) is 5.87. The van der Waals surface area contributed by atoms with Crippen molar-refractivity contribution in [2.45, 2.75) is 31.7 Å². The van der Waals surface area contributed by atoms with E-state index in [1.165, 1.54) is 12.1 Å². The van der Waals surface area contributed by atoms with Crippen LogP contribution >= 0.6 is 0 Å². The standard InChI is InChI=1S/C17H15F2N5O/c1-10-23-24-15(25-10)11-8-20-16(21-9-11)22-17(5-2-6-17)13-4-3-12(18)7-14(13)19/h3-4,7-9H,2,5-6H2,1H3,(H,20,21,22). The van der Waals surface area contributed by atoms with Crippen molar-refractivity contribution in [2.75, 3.05) is 5.32 Å². The van der Waals surface area contributed by atoms with Crippen molar-refractivity contribution in [3.05, 3.63) is 53.7 Å². The zero-order valence-electron chi connectivity index (χ0n) is 13.5. The van der Waals surface area contributed by atoms with Crippen molar-refractivity contribution in [2.24, 2.45) is 0 Å². The predicted octanol–water partition coefficient (Wildman–Crippen LogP) is 3.60. The average molecular weight is 343 g/mol. The van der Waals surface area contributed by atoms with Gasteiger partial charge in [0.05, 0.1) is 11.1 Å². The van der Waals surface area contributed by atoms with E-state index < -0.39 is 17.2 Å². The van der Waals surface area contributed by atoms with Crippen molar-refractivity contribution in [1.29, 1.82) is 0 Å². The Balaban J connectivity index is 1.59. The molecular weight excluding hydrogens is 328 g/mol. The first-order valence-electron chi connectivity index (χ1n) is 7.92. The van der Waals surface area contributed by atoms with Gasteiger partial charge in [0, 0.05) is 30.9 Å². The molecule has 1 saturated carbocycles. The SMILES string of the molecule is Cc1nnc(-c2cnc(NC3(c4ccc(F)cc4F)CCC3)nc2)o1. The molecule has 4 rings (SSSR count). The maximum absolute atomic E-state index is 14.2. The van der Waals surface area contributed by atoms with Gasteiger partial charge in [0.1, 0.15) is 11.6 Å². The molecule has 0 saturated heterocycles. The van der Waals surface area contributed by atoms with E-state index in [4.69, 9.17) is 4.42 Å². The molecule has 1 fully saturated rings. The van der Waals surface area contributed by atoms with Crippen LogP contribution in [0.3, 0.4) is 0 Å². The van der Waals surface area contributed by atoms with Gasteiger partial charge < -0.3 is 9.73 Å². The topological polar surface area (TPSA) is 76.7 Å². The van der Waals surface area contributed by atoms with Crippen molar-refractivity contribution in [3.8, 4) is 11.5 Å². The molecular formula is C17H15F2N5O. The monoisotopic (exact) mass is 343 g/mol. The van der Waals surface area contributed by atoms with Crippen LogP contribution in [0, 0.1) is 18.6 Å². The lowest BCUT2D eigenvalue weighted by molar-refractivity contribution is 0.272. The maximum atomic E-state index is 14.2. The van der Waals surface area contributed by atoms with E-state index in [2.05, 4.69) is 25.5 Å². The normalized spacial score (nSPS) is 15.6. The Labute approximate surface area is 142 Å². The van der Waals surface area contributed by atoms with Crippen LogP contribution in [0.15, 0.2) is 35.0 Å². The lowest BCUT2D eigenvalue weighted by Crippen LogP contribution is -2.43. The molecule has 8 heteroatoms. The number of anilines is 1. The van der Waals surface area contributed by atoms with Crippen molar-refractivity contribution >= 4 is 5.95 Å². The first kappa shape index (κ1) is 15.6. The fourth-order valence-electron chi connectivity index (χ4n) is 3.00. The summed E-state index contributed by atoms with van der Waals surface area (Å²) in [5, 5.41) is 10.9. The van der Waals surface area contributed by atoms with Crippen molar-refractivity contribution < 1.29 is 13.2 Å². The zero-order valence-corrected chi connectivity index (χ0v) is 13.5. The molecule has 0 bridgehead atoms. The van der Waals surface area contributed by atoms with Crippen LogP contribution in [0.4, 0.5) is 14.7 Å². The third-order valence-electron chi connectivity index (χ3n) is 4.43. The Morgan fingerprint density at radius 3 is 2.44 bits per heavy atom. The first-order chi connectivity index (χ1) is 12.1. The summed E-state index contributed by atoms with van der Waals surface area (Å²) >= 11 is 0. The molecule has 0 unspecified atom stereocenters. The minimum atomic E-state index is -0.611. The minimum Gasteiger partial charge on any atom is -0.421 e. The summed E-state index contributed by atoms with van der Waals surface area (Å²) in [5.74, 6) is 0.00383. The molecule has 0 atom stereocenters. The third kappa shape index (κ3) is 2.84. The van der Waals surface area contributed by atoms with E-state index in [9.17, 15) is 8.78 Å². The Kier molecular flexibility index (Phi) is 3.67. The summed E-state index contributed by atoms with van der Waals surface area (Å²) in [6.45, 7) is 1.70. The summed E-state index contributed by atoms with van der Waals surface area (Å²) < 4.78 is 32.7. The lowest BCUT2D eigenvalue weighted by atomic mass is 9.71. The van der Waals surface area contributed by atoms with Gasteiger partial charge in [-0.1, -0.05) is 6.07 Å². The maximum Gasteiger partial charge on any atom is 0.250 e. The van der Waals surface area contributed by atoms with Gasteiger partial charge in [0.2, 0.25) is 11.8 Å². The smallest absolute Gasteiger partial charge is 0.250 e. The highest BCUT2D eigenvalue weighted by Crippen LogP contribution is 2.44. The highest BCUT2D eigenvalue weighted by atomic mass is 19.1. The van der Waals surface area contributed by atoms with Gasteiger partial charge in [-0.15, -0.1) is 10.2 Å². The predicted molar refractivity (Wildman–Crippen MR) is 85.6 cm³/mol. The van der Waals surface area contributed by atoms with Gasteiger partial charge in [-0.25, -0.2) is 18.7 Å². The van der Waals surface area contributed by atoms with Gasteiger partial charge in [-0.2, -0.15) is 0 Å². The largest absolute Gasteiger partial charge is 0.421 e. The molecule has 0 radical (unpaired) electrons. The molecule has 2 aromatic heterocycles. The molecule has 0 spiro atoms. The molecule has 128 valence electrons. The number of hydrogen-bond donors (Lipinski definition) is 1. The van der Waals surface area contributed by atoms with Crippen LogP contribution in [0.2, 0.25) is 0 Å². The summed E-state index contributed by atoms with van der Waals surface area (Å²) in [6, 6.07) is 3.65. The number of nitrogens with zero attached hydrogens (tertiary/aromatic N) is 4. The van der Waals surface area contributed by atoms with E-state index in [1.54, 1.807) is 19.3 Å². The molecule has 0 amide bonds. The second-order valence-corrected chi connectivity index (χ2v) is 6.11. The number of benzene rings is 1. The summed E-state index contributed by atoms with van der Waals surface area (Å²) in [5.41, 5.74) is 0.419. The molecule has 1 aliphatic rings. The number of nitrogens with one attached hydrogen (secondary N) is 1. The molecule has 1 N–H and O–H groups in total. The first-order valence-corrected chi connectivity index (χ1v) is 7.92. The number of aryl methyl sites for hydroxylation is 1. The zero-order chi connectivity index (χ0) is 17.4. The highest BCUT2D eigenvalue weighted by molar-refractivity contribution is 5.51. The van der Waals surface area contributed by atoms with Gasteiger partial charge in [0.25, 0.3) is 5.89 Å². The fourth-order valence-corrected chi connectivity index (χ4v) is 3.00. The second-order valence-electron chi connectivity index (χ2n) is 6.11. The van der Waals surface area contributed by atoms with E-state index in [0.717, 1.165) is 25.3 Å². The number of rotatable bonds is 4. The fraction of sp³-hybridized carbons (Fsp3) is 0.294. The number of halogens is 2. The Hall–Kier alpha value is -2.90. The van der Waals surface area contributed by atoms with Gasteiger partial charge in [-0.3, -0.25) is 0 Å². The van der Waals surface area contributed by atoms with Gasteiger partial charge in [-0.05, 0) is 25.3 Å². The minimum absolute atomic E-state index is 0.340. The molecule has 1 aliphatic carbocycles. The average Bonchev–Trinajstić information content (AvgIpc) is 2.99. The van der Waals surface area contributed by atoms with E-state index >= 15 is 0 Å². The molecule has 6 nitrogen and oxygen atoms in total. The van der Waals surface area contributed by atoms with Crippen molar-refractivity contribution in [3.63, 3.8) is 0 Å². The molecule has 0 aliphatic heterocycles. The molecule has 1 aromatic carbocycles. The Bertz CT molecular complexity index is 906. The molecule has 25 heavy (non-hydrogen) atoms. The van der Waals surface area contributed by atoms with Gasteiger partial charge in [0.15, 0.2) is 0 Å². The highest BCUT2D eigenvalue weighted by Gasteiger charge is 2.41. The van der Waals surface area contributed by atoms with Crippen LogP contribution in [-0.4, -0.2) is 20.2 Å².